The third kappa shape index (κ3) is 4.49. The Morgan fingerprint density at radius 2 is 2.08 bits per heavy atom. The Morgan fingerprint density at radius 1 is 1.25 bits per heavy atom. The number of nitrogens with one attached hydrogen (secondary N) is 1. The Morgan fingerprint density at radius 3 is 2.83 bits per heavy atom. The molecule has 1 aliphatic heterocycles. The predicted octanol–water partition coefficient (Wildman–Crippen LogP) is 2.17. The van der Waals surface area contributed by atoms with E-state index >= 15 is 0 Å². The lowest BCUT2D eigenvalue weighted by molar-refractivity contribution is 0.147. The maximum absolute atomic E-state index is 9.02. The first-order valence-corrected chi connectivity index (χ1v) is 8.57. The van der Waals surface area contributed by atoms with E-state index in [0.717, 1.165) is 61.8 Å². The maximum Gasteiger partial charge on any atom is 0.135 e. The van der Waals surface area contributed by atoms with E-state index in [0.29, 0.717) is 5.92 Å². The van der Waals surface area contributed by atoms with E-state index < -0.39 is 0 Å². The van der Waals surface area contributed by atoms with Gasteiger partial charge >= 0.3 is 0 Å². The van der Waals surface area contributed by atoms with Gasteiger partial charge in [0.15, 0.2) is 0 Å². The van der Waals surface area contributed by atoms with E-state index in [1.165, 1.54) is 0 Å². The summed E-state index contributed by atoms with van der Waals surface area (Å²) in [5.41, 5.74) is 2.16. The molecule has 0 bridgehead atoms. The summed E-state index contributed by atoms with van der Waals surface area (Å²) < 4.78 is 0. The number of β-amino-alcohol motifs (C(OH)–C–C–N with tert-alkyl or cyclic N) is 1. The summed E-state index contributed by atoms with van der Waals surface area (Å²) >= 11 is 0. The van der Waals surface area contributed by atoms with Crippen molar-refractivity contribution in [3.8, 4) is 0 Å². The summed E-state index contributed by atoms with van der Waals surface area (Å²) in [6.07, 6.45) is 6.69. The summed E-state index contributed by atoms with van der Waals surface area (Å²) in [7, 11) is 0. The van der Waals surface area contributed by atoms with Crippen molar-refractivity contribution in [2.75, 3.05) is 31.6 Å². The molecule has 2 aromatic heterocycles. The van der Waals surface area contributed by atoms with Gasteiger partial charge in [0.2, 0.25) is 0 Å². The van der Waals surface area contributed by atoms with Gasteiger partial charge < -0.3 is 15.3 Å². The zero-order valence-corrected chi connectivity index (χ0v) is 14.1. The molecule has 1 fully saturated rings. The molecule has 3 rings (SSSR count). The second kappa shape index (κ2) is 8.17. The van der Waals surface area contributed by atoms with Crippen molar-refractivity contribution in [3.63, 3.8) is 0 Å². The SMILES string of the molecule is Cc1cccnc1Nc1cc(CC2CCN(CCO)CC2)ncn1. The van der Waals surface area contributed by atoms with Crippen LogP contribution in [0.25, 0.3) is 0 Å². The second-order valence-corrected chi connectivity index (χ2v) is 6.40. The maximum atomic E-state index is 9.02. The molecular formula is C18H25N5O. The molecule has 0 unspecified atom stereocenters. The molecule has 1 aliphatic rings. The number of hydrogen-bond donors (Lipinski definition) is 2. The molecule has 24 heavy (non-hydrogen) atoms. The number of hydrogen-bond acceptors (Lipinski definition) is 6. The topological polar surface area (TPSA) is 74.2 Å². The van der Waals surface area contributed by atoms with Crippen LogP contribution in [0.2, 0.25) is 0 Å². The lowest BCUT2D eigenvalue weighted by atomic mass is 9.92. The highest BCUT2D eigenvalue weighted by atomic mass is 16.3. The number of pyridine rings is 1. The number of anilines is 2. The first-order valence-electron chi connectivity index (χ1n) is 8.57. The molecule has 2 N–H and O–H groups in total. The van der Waals surface area contributed by atoms with Crippen LogP contribution in [0.3, 0.4) is 0 Å². The van der Waals surface area contributed by atoms with Gasteiger partial charge in [-0.15, -0.1) is 0 Å². The molecule has 0 aromatic carbocycles. The minimum atomic E-state index is 0.249. The van der Waals surface area contributed by atoms with Gasteiger partial charge in [0.05, 0.1) is 6.61 Å². The molecule has 6 heteroatoms. The van der Waals surface area contributed by atoms with Gasteiger partial charge in [-0.1, -0.05) is 6.07 Å². The summed E-state index contributed by atoms with van der Waals surface area (Å²) in [5, 5.41) is 12.3. The molecule has 0 aliphatic carbocycles. The highest BCUT2D eigenvalue weighted by Gasteiger charge is 2.19. The first-order chi connectivity index (χ1) is 11.7. The molecule has 2 aromatic rings. The van der Waals surface area contributed by atoms with Gasteiger partial charge in [0.25, 0.3) is 0 Å². The molecule has 0 atom stereocenters. The normalized spacial score (nSPS) is 16.2. The summed E-state index contributed by atoms with van der Waals surface area (Å²) in [5.74, 6) is 2.28. The van der Waals surface area contributed by atoms with Crippen molar-refractivity contribution in [1.82, 2.24) is 19.9 Å². The Bertz CT molecular complexity index is 655. The van der Waals surface area contributed by atoms with Gasteiger partial charge in [-0.25, -0.2) is 15.0 Å². The number of rotatable bonds is 6. The quantitative estimate of drug-likeness (QED) is 0.847. The average Bonchev–Trinajstić information content (AvgIpc) is 2.59. The zero-order valence-electron chi connectivity index (χ0n) is 14.1. The van der Waals surface area contributed by atoms with Crippen molar-refractivity contribution in [3.05, 3.63) is 42.0 Å². The van der Waals surface area contributed by atoms with Crippen LogP contribution in [0.1, 0.15) is 24.1 Å². The van der Waals surface area contributed by atoms with E-state index in [4.69, 9.17) is 5.11 Å². The number of aliphatic hydroxyl groups is 1. The monoisotopic (exact) mass is 327 g/mol. The minimum absolute atomic E-state index is 0.249. The highest BCUT2D eigenvalue weighted by molar-refractivity contribution is 5.55. The van der Waals surface area contributed by atoms with Crippen LogP contribution in [-0.4, -0.2) is 51.2 Å². The van der Waals surface area contributed by atoms with E-state index in [9.17, 15) is 0 Å². The highest BCUT2D eigenvalue weighted by Crippen LogP contribution is 2.22. The van der Waals surface area contributed by atoms with E-state index in [1.54, 1.807) is 12.5 Å². The van der Waals surface area contributed by atoms with E-state index in [1.807, 2.05) is 25.1 Å². The van der Waals surface area contributed by atoms with Crippen LogP contribution in [0.15, 0.2) is 30.7 Å². The Hall–Kier alpha value is -2.05. The molecular weight excluding hydrogens is 302 g/mol. The Labute approximate surface area is 143 Å². The van der Waals surface area contributed by atoms with Crippen LogP contribution >= 0.6 is 0 Å². The fourth-order valence-electron chi connectivity index (χ4n) is 3.17. The molecule has 0 radical (unpaired) electrons. The van der Waals surface area contributed by atoms with Crippen LogP contribution in [-0.2, 0) is 6.42 Å². The molecule has 0 saturated carbocycles. The molecule has 0 spiro atoms. The van der Waals surface area contributed by atoms with Gasteiger partial charge in [-0.05, 0) is 56.8 Å². The van der Waals surface area contributed by atoms with Crippen molar-refractivity contribution in [1.29, 1.82) is 0 Å². The second-order valence-electron chi connectivity index (χ2n) is 6.40. The minimum Gasteiger partial charge on any atom is -0.395 e. The van der Waals surface area contributed by atoms with Crippen molar-refractivity contribution in [2.45, 2.75) is 26.2 Å². The third-order valence-corrected chi connectivity index (χ3v) is 4.60. The third-order valence-electron chi connectivity index (χ3n) is 4.60. The van der Waals surface area contributed by atoms with Crippen molar-refractivity contribution in [2.24, 2.45) is 5.92 Å². The Kier molecular flexibility index (Phi) is 5.72. The summed E-state index contributed by atoms with van der Waals surface area (Å²) in [4.78, 5) is 15.4. The predicted molar refractivity (Wildman–Crippen MR) is 94.2 cm³/mol. The first kappa shape index (κ1) is 16.8. The zero-order chi connectivity index (χ0) is 16.8. The van der Waals surface area contributed by atoms with Crippen molar-refractivity contribution < 1.29 is 5.11 Å². The number of likely N-dealkylation sites (tertiary alicyclic amines) is 1. The lowest BCUT2D eigenvalue weighted by Gasteiger charge is -2.31. The standard InChI is InChI=1S/C18H25N5O/c1-14-3-2-6-19-18(14)22-17-12-16(20-13-21-17)11-15-4-7-23(8-5-15)9-10-24/h2-3,6,12-13,15,24H,4-5,7-11H2,1H3,(H,19,20,21,22). The van der Waals surface area contributed by atoms with Gasteiger partial charge in [-0.3, -0.25) is 0 Å². The van der Waals surface area contributed by atoms with Crippen LogP contribution in [0.4, 0.5) is 11.6 Å². The van der Waals surface area contributed by atoms with E-state index in [-0.39, 0.29) is 6.61 Å². The Balaban J connectivity index is 1.59. The smallest absolute Gasteiger partial charge is 0.135 e. The number of aromatic nitrogens is 3. The van der Waals surface area contributed by atoms with Gasteiger partial charge in [0.1, 0.15) is 18.0 Å². The average molecular weight is 327 g/mol. The van der Waals surface area contributed by atoms with Gasteiger partial charge in [-0.2, -0.15) is 0 Å². The molecule has 3 heterocycles. The molecule has 6 nitrogen and oxygen atoms in total. The molecule has 0 amide bonds. The number of piperidine rings is 1. The summed E-state index contributed by atoms with van der Waals surface area (Å²) in [6.45, 7) is 5.19. The summed E-state index contributed by atoms with van der Waals surface area (Å²) in [6, 6.07) is 5.97. The number of aliphatic hydroxyl groups excluding tert-OH is 1. The lowest BCUT2D eigenvalue weighted by Crippen LogP contribution is -2.36. The fraction of sp³-hybridized carbons (Fsp3) is 0.500. The van der Waals surface area contributed by atoms with Crippen molar-refractivity contribution >= 4 is 11.6 Å². The molecule has 128 valence electrons. The number of nitrogens with zero attached hydrogens (tertiary/aromatic N) is 4. The molecule has 1 saturated heterocycles. The van der Waals surface area contributed by atoms with Crippen LogP contribution in [0.5, 0.6) is 0 Å². The van der Waals surface area contributed by atoms with Crippen LogP contribution in [0, 0.1) is 12.8 Å². The van der Waals surface area contributed by atoms with Gasteiger partial charge in [0, 0.05) is 24.5 Å². The number of aryl methyl sites for hydroxylation is 1. The van der Waals surface area contributed by atoms with E-state index in [2.05, 4.69) is 25.2 Å². The largest absolute Gasteiger partial charge is 0.395 e. The van der Waals surface area contributed by atoms with Crippen LogP contribution < -0.4 is 5.32 Å². The fourth-order valence-corrected chi connectivity index (χ4v) is 3.17.